The minimum Gasteiger partial charge on any atom is -0.387 e. The standard InChI is InChI=1S/C11H15BrN4O/c1-8(6-15-16-13)14-7-11(17)9-2-4-10(12)5-3-9/h2-5,8,11,14,17H,6-7H2,1H3/t8-,11?/m1/s1. The second-order valence-electron chi connectivity index (χ2n) is 3.79. The van der Waals surface area contributed by atoms with Crippen LogP contribution in [0.2, 0.25) is 0 Å². The van der Waals surface area contributed by atoms with Gasteiger partial charge in [0.1, 0.15) is 0 Å². The minimum absolute atomic E-state index is 0.0519. The number of halogens is 1. The largest absolute Gasteiger partial charge is 0.387 e. The first-order chi connectivity index (χ1) is 8.13. The molecule has 1 aromatic rings. The second-order valence-corrected chi connectivity index (χ2v) is 4.71. The molecule has 0 radical (unpaired) electrons. The van der Waals surface area contributed by atoms with Gasteiger partial charge in [0.05, 0.1) is 6.10 Å². The molecule has 0 aromatic heterocycles. The Morgan fingerprint density at radius 1 is 1.47 bits per heavy atom. The van der Waals surface area contributed by atoms with Gasteiger partial charge in [0, 0.05) is 28.5 Å². The van der Waals surface area contributed by atoms with E-state index in [-0.39, 0.29) is 6.04 Å². The third kappa shape index (κ3) is 5.19. The van der Waals surface area contributed by atoms with E-state index in [1.165, 1.54) is 0 Å². The molecule has 0 bridgehead atoms. The molecule has 0 heterocycles. The van der Waals surface area contributed by atoms with Crippen molar-refractivity contribution in [3.8, 4) is 0 Å². The van der Waals surface area contributed by atoms with Gasteiger partial charge in [0.15, 0.2) is 0 Å². The molecule has 17 heavy (non-hydrogen) atoms. The number of hydrogen-bond acceptors (Lipinski definition) is 3. The van der Waals surface area contributed by atoms with E-state index in [1.54, 1.807) is 0 Å². The van der Waals surface area contributed by atoms with Gasteiger partial charge in [0.25, 0.3) is 0 Å². The third-order valence-corrected chi connectivity index (χ3v) is 2.86. The van der Waals surface area contributed by atoms with Gasteiger partial charge in [-0.3, -0.25) is 0 Å². The van der Waals surface area contributed by atoms with Crippen LogP contribution in [-0.4, -0.2) is 24.2 Å². The Kier molecular flexibility index (Phi) is 6.00. The molecule has 0 aliphatic rings. The van der Waals surface area contributed by atoms with Crippen LogP contribution in [0.25, 0.3) is 10.4 Å². The van der Waals surface area contributed by atoms with E-state index in [2.05, 4.69) is 31.3 Å². The van der Waals surface area contributed by atoms with Crippen molar-refractivity contribution in [3.63, 3.8) is 0 Å². The number of rotatable bonds is 6. The Morgan fingerprint density at radius 3 is 2.71 bits per heavy atom. The van der Waals surface area contributed by atoms with Crippen LogP contribution in [0.1, 0.15) is 18.6 Å². The van der Waals surface area contributed by atoms with Crippen molar-refractivity contribution in [3.05, 3.63) is 44.7 Å². The van der Waals surface area contributed by atoms with Gasteiger partial charge in [-0.1, -0.05) is 33.2 Å². The lowest BCUT2D eigenvalue weighted by atomic mass is 10.1. The Hall–Kier alpha value is -1.07. The summed E-state index contributed by atoms with van der Waals surface area (Å²) in [6.07, 6.45) is -0.559. The zero-order valence-electron chi connectivity index (χ0n) is 9.55. The van der Waals surface area contributed by atoms with Crippen LogP contribution in [0.3, 0.4) is 0 Å². The average molecular weight is 299 g/mol. The molecule has 0 spiro atoms. The number of aliphatic hydroxyl groups excluding tert-OH is 1. The van der Waals surface area contributed by atoms with E-state index in [4.69, 9.17) is 5.53 Å². The van der Waals surface area contributed by atoms with Crippen LogP contribution in [-0.2, 0) is 0 Å². The summed E-state index contributed by atoms with van der Waals surface area (Å²) in [7, 11) is 0. The van der Waals surface area contributed by atoms with Crippen molar-refractivity contribution in [2.75, 3.05) is 13.1 Å². The maximum atomic E-state index is 9.90. The van der Waals surface area contributed by atoms with Crippen molar-refractivity contribution in [1.29, 1.82) is 0 Å². The Balaban J connectivity index is 2.41. The quantitative estimate of drug-likeness (QED) is 0.481. The van der Waals surface area contributed by atoms with Crippen molar-refractivity contribution in [2.24, 2.45) is 5.11 Å². The van der Waals surface area contributed by atoms with Gasteiger partial charge < -0.3 is 10.4 Å². The van der Waals surface area contributed by atoms with Crippen LogP contribution in [0, 0.1) is 0 Å². The lowest BCUT2D eigenvalue weighted by Crippen LogP contribution is -2.32. The topological polar surface area (TPSA) is 81.0 Å². The number of hydrogen-bond donors (Lipinski definition) is 2. The van der Waals surface area contributed by atoms with E-state index in [0.29, 0.717) is 13.1 Å². The highest BCUT2D eigenvalue weighted by molar-refractivity contribution is 9.10. The zero-order chi connectivity index (χ0) is 12.7. The van der Waals surface area contributed by atoms with E-state index in [1.807, 2.05) is 31.2 Å². The second kappa shape index (κ2) is 7.29. The number of benzene rings is 1. The summed E-state index contributed by atoms with van der Waals surface area (Å²) >= 11 is 3.34. The molecular formula is C11H15BrN4O. The Labute approximate surface area is 109 Å². The first-order valence-electron chi connectivity index (χ1n) is 5.31. The van der Waals surface area contributed by atoms with Gasteiger partial charge in [-0.25, -0.2) is 0 Å². The zero-order valence-corrected chi connectivity index (χ0v) is 11.1. The van der Waals surface area contributed by atoms with Gasteiger partial charge in [-0.05, 0) is 30.2 Å². The summed E-state index contributed by atoms with van der Waals surface area (Å²) in [5.74, 6) is 0. The monoisotopic (exact) mass is 298 g/mol. The van der Waals surface area contributed by atoms with Gasteiger partial charge in [-0.2, -0.15) is 0 Å². The summed E-state index contributed by atoms with van der Waals surface area (Å²) in [4.78, 5) is 2.69. The predicted molar refractivity (Wildman–Crippen MR) is 70.6 cm³/mol. The van der Waals surface area contributed by atoms with E-state index < -0.39 is 6.10 Å². The van der Waals surface area contributed by atoms with Crippen LogP contribution in [0.15, 0.2) is 33.9 Å². The summed E-state index contributed by atoms with van der Waals surface area (Å²) in [5, 5.41) is 16.5. The van der Waals surface area contributed by atoms with Crippen LogP contribution in [0.4, 0.5) is 0 Å². The smallest absolute Gasteiger partial charge is 0.0914 e. The van der Waals surface area contributed by atoms with Gasteiger partial charge in [0.2, 0.25) is 0 Å². The number of nitrogens with zero attached hydrogens (tertiary/aromatic N) is 3. The number of aliphatic hydroxyl groups is 1. The molecule has 1 unspecified atom stereocenters. The number of nitrogens with one attached hydrogen (secondary N) is 1. The summed E-state index contributed by atoms with van der Waals surface area (Å²) in [6, 6.07) is 7.57. The molecule has 1 aromatic carbocycles. The van der Waals surface area contributed by atoms with Crippen LogP contribution >= 0.6 is 15.9 Å². The SMILES string of the molecule is C[C@H](CN=[N+]=[N-])NCC(O)c1ccc(Br)cc1. The highest BCUT2D eigenvalue weighted by Crippen LogP contribution is 2.16. The summed E-state index contributed by atoms with van der Waals surface area (Å²) in [6.45, 7) is 2.72. The molecule has 1 rings (SSSR count). The first kappa shape index (κ1) is 14.0. The lowest BCUT2D eigenvalue weighted by molar-refractivity contribution is 0.171. The third-order valence-electron chi connectivity index (χ3n) is 2.33. The van der Waals surface area contributed by atoms with E-state index in [0.717, 1.165) is 10.0 Å². The molecule has 0 saturated heterocycles. The van der Waals surface area contributed by atoms with Crippen molar-refractivity contribution in [1.82, 2.24) is 5.32 Å². The molecule has 92 valence electrons. The predicted octanol–water partition coefficient (Wildman–Crippen LogP) is 2.77. The van der Waals surface area contributed by atoms with Crippen molar-refractivity contribution < 1.29 is 5.11 Å². The fourth-order valence-corrected chi connectivity index (χ4v) is 1.60. The van der Waals surface area contributed by atoms with Crippen molar-refractivity contribution in [2.45, 2.75) is 19.1 Å². The molecule has 0 saturated carbocycles. The number of azide groups is 1. The normalized spacial score (nSPS) is 13.8. The molecule has 5 nitrogen and oxygen atoms in total. The molecule has 0 fully saturated rings. The van der Waals surface area contributed by atoms with Crippen molar-refractivity contribution >= 4 is 15.9 Å². The molecular weight excluding hydrogens is 284 g/mol. The Morgan fingerprint density at radius 2 is 2.12 bits per heavy atom. The maximum absolute atomic E-state index is 9.90. The molecule has 0 aliphatic heterocycles. The van der Waals surface area contributed by atoms with E-state index in [9.17, 15) is 5.11 Å². The van der Waals surface area contributed by atoms with Gasteiger partial charge >= 0.3 is 0 Å². The molecule has 2 N–H and O–H groups in total. The molecule has 6 heteroatoms. The Bertz CT molecular complexity index is 389. The summed E-state index contributed by atoms with van der Waals surface area (Å²) < 4.78 is 0.984. The summed E-state index contributed by atoms with van der Waals surface area (Å²) in [5.41, 5.74) is 9.03. The minimum atomic E-state index is -0.559. The molecule has 0 aliphatic carbocycles. The fourth-order valence-electron chi connectivity index (χ4n) is 1.34. The highest BCUT2D eigenvalue weighted by atomic mass is 79.9. The highest BCUT2D eigenvalue weighted by Gasteiger charge is 2.08. The van der Waals surface area contributed by atoms with Gasteiger partial charge in [-0.15, -0.1) is 0 Å². The van der Waals surface area contributed by atoms with Crippen LogP contribution < -0.4 is 5.32 Å². The lowest BCUT2D eigenvalue weighted by Gasteiger charge is -2.15. The maximum Gasteiger partial charge on any atom is 0.0914 e. The average Bonchev–Trinajstić information content (AvgIpc) is 2.34. The van der Waals surface area contributed by atoms with Crippen LogP contribution in [0.5, 0.6) is 0 Å². The fraction of sp³-hybridized carbons (Fsp3) is 0.455. The first-order valence-corrected chi connectivity index (χ1v) is 6.10. The molecule has 2 atom stereocenters. The molecule has 0 amide bonds. The van der Waals surface area contributed by atoms with E-state index >= 15 is 0 Å².